The topological polar surface area (TPSA) is 131 Å². The Morgan fingerprint density at radius 3 is 2.52 bits per heavy atom. The van der Waals surface area contributed by atoms with Crippen molar-refractivity contribution in [3.05, 3.63) is 35.4 Å². The standard InChI is InChI=1S/C17H18O7S/c18-1-2-25-15-4-8(3-12(21)16(15)23)17-13(22)7-10-11(20)5-9(19)6-14(10)24-17/h3-6,13,17-23H,1-2,7H2. The van der Waals surface area contributed by atoms with Crippen molar-refractivity contribution < 1.29 is 35.4 Å². The molecule has 0 amide bonds. The summed E-state index contributed by atoms with van der Waals surface area (Å²) in [5, 5.41) is 58.7. The Hall–Kier alpha value is -2.29. The number of phenolic OH excluding ortho intramolecular Hbond substituents is 4. The van der Waals surface area contributed by atoms with E-state index >= 15 is 0 Å². The van der Waals surface area contributed by atoms with Gasteiger partial charge < -0.3 is 35.4 Å². The molecule has 0 saturated carbocycles. The number of hydrogen-bond donors (Lipinski definition) is 6. The molecular formula is C17H18O7S. The van der Waals surface area contributed by atoms with E-state index in [1.807, 2.05) is 0 Å². The second-order valence-corrected chi connectivity index (χ2v) is 6.85. The maximum atomic E-state index is 10.4. The Morgan fingerprint density at radius 2 is 1.80 bits per heavy atom. The fourth-order valence-corrected chi connectivity index (χ4v) is 3.56. The van der Waals surface area contributed by atoms with Gasteiger partial charge in [0.25, 0.3) is 0 Å². The number of phenols is 4. The summed E-state index contributed by atoms with van der Waals surface area (Å²) in [5.41, 5.74) is 0.816. The van der Waals surface area contributed by atoms with Gasteiger partial charge in [0.1, 0.15) is 17.2 Å². The third-order valence-corrected chi connectivity index (χ3v) is 4.95. The zero-order valence-corrected chi connectivity index (χ0v) is 13.9. The predicted molar refractivity (Wildman–Crippen MR) is 90.4 cm³/mol. The molecule has 0 spiro atoms. The van der Waals surface area contributed by atoms with Crippen molar-refractivity contribution in [1.29, 1.82) is 0 Å². The minimum atomic E-state index is -0.998. The average Bonchev–Trinajstić information content (AvgIpc) is 2.56. The highest BCUT2D eigenvalue weighted by atomic mass is 32.2. The SMILES string of the molecule is OCCSc1cc(C2Oc3cc(O)cc(O)c3CC2O)cc(O)c1O. The van der Waals surface area contributed by atoms with Gasteiger partial charge in [-0.2, -0.15) is 0 Å². The lowest BCUT2D eigenvalue weighted by Crippen LogP contribution is -2.30. The van der Waals surface area contributed by atoms with Gasteiger partial charge in [-0.25, -0.2) is 0 Å². The van der Waals surface area contributed by atoms with Crippen molar-refractivity contribution in [3.8, 4) is 28.7 Å². The van der Waals surface area contributed by atoms with Crippen LogP contribution in [-0.2, 0) is 6.42 Å². The average molecular weight is 366 g/mol. The first kappa shape index (κ1) is 17.5. The fourth-order valence-electron chi connectivity index (χ4n) is 2.79. The summed E-state index contributed by atoms with van der Waals surface area (Å²) in [6.45, 7) is -0.0937. The third-order valence-electron chi connectivity index (χ3n) is 3.94. The second-order valence-electron chi connectivity index (χ2n) is 5.71. The molecule has 1 aliphatic heterocycles. The number of aliphatic hydroxyl groups is 2. The van der Waals surface area contributed by atoms with Gasteiger partial charge in [-0.3, -0.25) is 0 Å². The van der Waals surface area contributed by atoms with E-state index in [9.17, 15) is 25.5 Å². The quantitative estimate of drug-likeness (QED) is 0.356. The number of fused-ring (bicyclic) bond motifs is 1. The summed E-state index contributed by atoms with van der Waals surface area (Å²) in [7, 11) is 0. The van der Waals surface area contributed by atoms with E-state index in [1.165, 1.54) is 18.2 Å². The molecule has 2 atom stereocenters. The third kappa shape index (κ3) is 3.41. The van der Waals surface area contributed by atoms with Crippen molar-refractivity contribution in [1.82, 2.24) is 0 Å². The Kier molecular flexibility index (Phi) is 4.85. The molecule has 25 heavy (non-hydrogen) atoms. The predicted octanol–water partition coefficient (Wildman–Crippen LogP) is 1.63. The molecule has 6 N–H and O–H groups in total. The molecule has 3 rings (SSSR count). The second kappa shape index (κ2) is 6.91. The number of thioether (sulfide) groups is 1. The highest BCUT2D eigenvalue weighted by Crippen LogP contribution is 2.44. The van der Waals surface area contributed by atoms with Crippen LogP contribution < -0.4 is 4.74 Å². The van der Waals surface area contributed by atoms with Crippen LogP contribution >= 0.6 is 11.8 Å². The lowest BCUT2D eigenvalue weighted by molar-refractivity contribution is 0.0195. The largest absolute Gasteiger partial charge is 0.508 e. The van der Waals surface area contributed by atoms with E-state index in [0.717, 1.165) is 11.8 Å². The Morgan fingerprint density at radius 1 is 1.04 bits per heavy atom. The lowest BCUT2D eigenvalue weighted by atomic mass is 9.94. The summed E-state index contributed by atoms with van der Waals surface area (Å²) in [6.07, 6.45) is -1.75. The molecule has 0 saturated heterocycles. The van der Waals surface area contributed by atoms with Gasteiger partial charge in [0.05, 0.1) is 17.6 Å². The number of hydrogen-bond acceptors (Lipinski definition) is 8. The van der Waals surface area contributed by atoms with Crippen LogP contribution in [0.5, 0.6) is 28.7 Å². The maximum Gasteiger partial charge on any atom is 0.171 e. The van der Waals surface area contributed by atoms with E-state index in [4.69, 9.17) is 9.84 Å². The van der Waals surface area contributed by atoms with Gasteiger partial charge in [-0.15, -0.1) is 11.8 Å². The summed E-state index contributed by atoms with van der Waals surface area (Å²) in [5.74, 6) is -0.430. The number of benzene rings is 2. The van der Waals surface area contributed by atoms with Crippen molar-refractivity contribution >= 4 is 11.8 Å². The van der Waals surface area contributed by atoms with Crippen LogP contribution in [0, 0.1) is 0 Å². The highest BCUT2D eigenvalue weighted by Gasteiger charge is 2.33. The smallest absolute Gasteiger partial charge is 0.171 e. The zero-order chi connectivity index (χ0) is 18.1. The molecule has 0 aromatic heterocycles. The Labute approximate surface area is 147 Å². The number of aliphatic hydroxyl groups excluding tert-OH is 2. The van der Waals surface area contributed by atoms with Gasteiger partial charge in [0, 0.05) is 35.4 Å². The number of aromatic hydroxyl groups is 4. The molecule has 1 aliphatic rings. The van der Waals surface area contributed by atoms with Crippen molar-refractivity contribution in [2.45, 2.75) is 23.5 Å². The van der Waals surface area contributed by atoms with E-state index in [-0.39, 0.29) is 41.8 Å². The normalized spacial score (nSPS) is 19.3. The van der Waals surface area contributed by atoms with Crippen LogP contribution in [0.15, 0.2) is 29.2 Å². The van der Waals surface area contributed by atoms with Crippen molar-refractivity contribution in [2.24, 2.45) is 0 Å². The summed E-state index contributed by atoms with van der Waals surface area (Å²) < 4.78 is 5.72. The maximum absolute atomic E-state index is 10.4. The molecule has 7 nitrogen and oxygen atoms in total. The lowest BCUT2D eigenvalue weighted by Gasteiger charge is -2.31. The molecule has 2 aromatic carbocycles. The molecule has 1 heterocycles. The minimum absolute atomic E-state index is 0.0937. The van der Waals surface area contributed by atoms with Gasteiger partial charge in [-0.1, -0.05) is 0 Å². The van der Waals surface area contributed by atoms with Crippen LogP contribution in [0.4, 0.5) is 0 Å². The monoisotopic (exact) mass is 366 g/mol. The molecule has 0 aliphatic carbocycles. The van der Waals surface area contributed by atoms with Crippen molar-refractivity contribution in [3.63, 3.8) is 0 Å². The summed E-state index contributed by atoms with van der Waals surface area (Å²) >= 11 is 1.15. The van der Waals surface area contributed by atoms with Crippen molar-refractivity contribution in [2.75, 3.05) is 12.4 Å². The molecule has 134 valence electrons. The van der Waals surface area contributed by atoms with Crippen LogP contribution in [0.25, 0.3) is 0 Å². The van der Waals surface area contributed by atoms with Gasteiger partial charge in [0.15, 0.2) is 17.6 Å². The highest BCUT2D eigenvalue weighted by molar-refractivity contribution is 7.99. The Balaban J connectivity index is 1.97. The number of rotatable bonds is 4. The fraction of sp³-hybridized carbons (Fsp3) is 0.294. The molecule has 0 bridgehead atoms. The number of ether oxygens (including phenoxy) is 1. The summed E-state index contributed by atoms with van der Waals surface area (Å²) in [4.78, 5) is 0.351. The molecule has 8 heteroatoms. The van der Waals surface area contributed by atoms with Gasteiger partial charge >= 0.3 is 0 Å². The van der Waals surface area contributed by atoms with E-state index in [1.54, 1.807) is 6.07 Å². The first-order valence-corrected chi connectivity index (χ1v) is 8.58. The molecular weight excluding hydrogens is 348 g/mol. The van der Waals surface area contributed by atoms with Crippen LogP contribution in [0.2, 0.25) is 0 Å². The molecule has 0 radical (unpaired) electrons. The van der Waals surface area contributed by atoms with Gasteiger partial charge in [-0.05, 0) is 12.1 Å². The van der Waals surface area contributed by atoms with E-state index < -0.39 is 12.2 Å². The molecule has 0 fully saturated rings. The van der Waals surface area contributed by atoms with E-state index in [2.05, 4.69) is 0 Å². The molecule has 2 unspecified atom stereocenters. The summed E-state index contributed by atoms with van der Waals surface area (Å²) in [6, 6.07) is 5.37. The first-order valence-electron chi connectivity index (χ1n) is 7.59. The van der Waals surface area contributed by atoms with E-state index in [0.29, 0.717) is 21.8 Å². The first-order chi connectivity index (χ1) is 11.9. The zero-order valence-electron chi connectivity index (χ0n) is 13.1. The van der Waals surface area contributed by atoms with Crippen LogP contribution in [-0.4, -0.2) is 49.1 Å². The minimum Gasteiger partial charge on any atom is -0.508 e. The van der Waals surface area contributed by atoms with Crippen LogP contribution in [0.1, 0.15) is 17.2 Å². The van der Waals surface area contributed by atoms with Gasteiger partial charge in [0.2, 0.25) is 0 Å². The Bertz CT molecular complexity index is 793. The molecule has 2 aromatic rings. The van der Waals surface area contributed by atoms with Crippen LogP contribution in [0.3, 0.4) is 0 Å².